The topological polar surface area (TPSA) is 20.2 Å². The molecule has 0 aromatic carbocycles. The summed E-state index contributed by atoms with van der Waals surface area (Å²) in [6.45, 7) is 7.82. The molecule has 54 valence electrons. The summed E-state index contributed by atoms with van der Waals surface area (Å²) in [4.78, 5) is 0. The van der Waals surface area contributed by atoms with Gasteiger partial charge in [0.2, 0.25) is 0 Å². The summed E-state index contributed by atoms with van der Waals surface area (Å²) in [5.74, 6) is 0.690. The second-order valence-corrected chi connectivity index (χ2v) is 3.33. The standard InChI is InChI=1S/C9H12O/c1-5-6(2)8-4-3-7(5)9(8)10/h7-10H,1-4H2/t7-,8+,9?. The Bertz CT molecular complexity index is 183. The van der Waals surface area contributed by atoms with Gasteiger partial charge < -0.3 is 5.11 Å². The summed E-state index contributed by atoms with van der Waals surface area (Å²) in [6.07, 6.45) is 2.08. The van der Waals surface area contributed by atoms with Crippen molar-refractivity contribution in [3.63, 3.8) is 0 Å². The lowest BCUT2D eigenvalue weighted by molar-refractivity contribution is 0.139. The van der Waals surface area contributed by atoms with Crippen molar-refractivity contribution in [3.05, 3.63) is 24.3 Å². The van der Waals surface area contributed by atoms with Crippen molar-refractivity contribution in [1.82, 2.24) is 0 Å². The molecule has 0 saturated heterocycles. The van der Waals surface area contributed by atoms with Crippen molar-refractivity contribution < 1.29 is 5.11 Å². The van der Waals surface area contributed by atoms with Gasteiger partial charge in [0.25, 0.3) is 0 Å². The fourth-order valence-electron chi connectivity index (χ4n) is 2.22. The van der Waals surface area contributed by atoms with E-state index in [0.717, 1.165) is 24.0 Å². The summed E-state index contributed by atoms with van der Waals surface area (Å²) >= 11 is 0. The van der Waals surface area contributed by atoms with Crippen molar-refractivity contribution in [2.24, 2.45) is 11.8 Å². The molecule has 0 radical (unpaired) electrons. The van der Waals surface area contributed by atoms with Gasteiger partial charge in [-0.15, -0.1) is 0 Å². The zero-order chi connectivity index (χ0) is 7.30. The van der Waals surface area contributed by atoms with Crippen molar-refractivity contribution in [3.8, 4) is 0 Å². The third-order valence-electron chi connectivity index (χ3n) is 2.92. The molecule has 10 heavy (non-hydrogen) atoms. The quantitative estimate of drug-likeness (QED) is 0.535. The molecule has 0 amide bonds. The minimum atomic E-state index is -0.153. The van der Waals surface area contributed by atoms with Crippen LogP contribution in [0.1, 0.15) is 12.8 Å². The fraction of sp³-hybridized carbons (Fsp3) is 0.556. The van der Waals surface area contributed by atoms with Gasteiger partial charge in [-0.25, -0.2) is 0 Å². The molecule has 2 saturated carbocycles. The van der Waals surface area contributed by atoms with Crippen LogP contribution in [0.25, 0.3) is 0 Å². The summed E-state index contributed by atoms with van der Waals surface area (Å²) in [7, 11) is 0. The SMILES string of the molecule is C=C1C(=C)[C@@H]2CC[C@H]1C2O. The smallest absolute Gasteiger partial charge is 0.0676 e. The van der Waals surface area contributed by atoms with E-state index in [4.69, 9.17) is 0 Å². The molecule has 1 unspecified atom stereocenters. The van der Waals surface area contributed by atoms with Gasteiger partial charge in [0.05, 0.1) is 6.10 Å². The van der Waals surface area contributed by atoms with Gasteiger partial charge >= 0.3 is 0 Å². The Hall–Kier alpha value is -0.560. The van der Waals surface area contributed by atoms with Gasteiger partial charge in [-0.3, -0.25) is 0 Å². The highest BCUT2D eigenvalue weighted by molar-refractivity contribution is 5.40. The van der Waals surface area contributed by atoms with Crippen LogP contribution in [0.5, 0.6) is 0 Å². The number of hydrogen-bond donors (Lipinski definition) is 1. The molecule has 1 nitrogen and oxygen atoms in total. The van der Waals surface area contributed by atoms with E-state index in [1.807, 2.05) is 0 Å². The summed E-state index contributed by atoms with van der Waals surface area (Å²) < 4.78 is 0. The summed E-state index contributed by atoms with van der Waals surface area (Å²) in [5, 5.41) is 9.55. The molecule has 3 atom stereocenters. The van der Waals surface area contributed by atoms with Crippen LogP contribution in [0.15, 0.2) is 24.3 Å². The second kappa shape index (κ2) is 1.73. The minimum Gasteiger partial charge on any atom is -0.392 e. The first-order valence-electron chi connectivity index (χ1n) is 3.78. The number of aliphatic hydroxyl groups is 1. The first-order valence-corrected chi connectivity index (χ1v) is 3.78. The number of aliphatic hydroxyl groups excluding tert-OH is 1. The lowest BCUT2D eigenvalue weighted by Crippen LogP contribution is -2.11. The lowest BCUT2D eigenvalue weighted by Gasteiger charge is -2.12. The van der Waals surface area contributed by atoms with Gasteiger partial charge in [0, 0.05) is 11.8 Å². The van der Waals surface area contributed by atoms with E-state index < -0.39 is 0 Å². The van der Waals surface area contributed by atoms with Crippen molar-refractivity contribution in [2.75, 3.05) is 0 Å². The van der Waals surface area contributed by atoms with Gasteiger partial charge in [-0.1, -0.05) is 13.2 Å². The van der Waals surface area contributed by atoms with Gasteiger partial charge in [0.1, 0.15) is 0 Å². The molecule has 0 heterocycles. The largest absolute Gasteiger partial charge is 0.392 e. The van der Waals surface area contributed by atoms with Crippen molar-refractivity contribution >= 4 is 0 Å². The third kappa shape index (κ3) is 0.517. The van der Waals surface area contributed by atoms with Gasteiger partial charge in [-0.2, -0.15) is 0 Å². The molecule has 2 rings (SSSR count). The van der Waals surface area contributed by atoms with Crippen LogP contribution in [0.4, 0.5) is 0 Å². The predicted octanol–water partition coefficient (Wildman–Crippen LogP) is 1.50. The lowest BCUT2D eigenvalue weighted by atomic mass is 9.92. The highest BCUT2D eigenvalue weighted by Gasteiger charge is 2.45. The molecule has 0 spiro atoms. The highest BCUT2D eigenvalue weighted by Crippen LogP contribution is 2.50. The molecule has 0 aromatic heterocycles. The zero-order valence-electron chi connectivity index (χ0n) is 6.01. The van der Waals surface area contributed by atoms with Crippen LogP contribution in [0.2, 0.25) is 0 Å². The molecule has 2 bridgehead atoms. The van der Waals surface area contributed by atoms with Gasteiger partial charge in [0.15, 0.2) is 0 Å². The highest BCUT2D eigenvalue weighted by atomic mass is 16.3. The first-order chi connectivity index (χ1) is 4.72. The van der Waals surface area contributed by atoms with Crippen molar-refractivity contribution in [1.29, 1.82) is 0 Å². The third-order valence-corrected chi connectivity index (χ3v) is 2.92. The van der Waals surface area contributed by atoms with E-state index >= 15 is 0 Å². The Morgan fingerprint density at radius 1 is 1.10 bits per heavy atom. The summed E-state index contributed by atoms with van der Waals surface area (Å²) in [6, 6.07) is 0. The Labute approximate surface area is 61.1 Å². The van der Waals surface area contributed by atoms with Crippen LogP contribution in [-0.4, -0.2) is 11.2 Å². The van der Waals surface area contributed by atoms with Crippen LogP contribution in [0.3, 0.4) is 0 Å². The monoisotopic (exact) mass is 136 g/mol. The normalized spacial score (nSPS) is 45.1. The predicted molar refractivity (Wildman–Crippen MR) is 40.5 cm³/mol. The Balaban J connectivity index is 2.38. The number of fused-ring (bicyclic) bond motifs is 2. The molecule has 0 aliphatic heterocycles. The Morgan fingerprint density at radius 3 is 1.70 bits per heavy atom. The van der Waals surface area contributed by atoms with Crippen LogP contribution in [-0.2, 0) is 0 Å². The Kier molecular flexibility index (Phi) is 1.07. The zero-order valence-corrected chi connectivity index (χ0v) is 6.01. The molecule has 2 aliphatic carbocycles. The van der Waals surface area contributed by atoms with E-state index in [0.29, 0.717) is 11.8 Å². The molecule has 1 heteroatoms. The maximum atomic E-state index is 9.55. The average Bonchev–Trinajstić information content (AvgIpc) is 2.34. The van der Waals surface area contributed by atoms with E-state index in [1.165, 1.54) is 0 Å². The number of rotatable bonds is 0. The Morgan fingerprint density at radius 2 is 1.50 bits per heavy atom. The van der Waals surface area contributed by atoms with Gasteiger partial charge in [-0.05, 0) is 24.0 Å². The molecule has 1 N–H and O–H groups in total. The molecule has 2 aliphatic rings. The van der Waals surface area contributed by atoms with E-state index in [-0.39, 0.29) is 6.10 Å². The van der Waals surface area contributed by atoms with E-state index in [1.54, 1.807) is 0 Å². The maximum Gasteiger partial charge on any atom is 0.0676 e. The molecule has 2 fully saturated rings. The van der Waals surface area contributed by atoms with Crippen LogP contribution < -0.4 is 0 Å². The first kappa shape index (κ1) is 6.17. The van der Waals surface area contributed by atoms with Crippen molar-refractivity contribution in [2.45, 2.75) is 18.9 Å². The minimum absolute atomic E-state index is 0.153. The van der Waals surface area contributed by atoms with Crippen LogP contribution in [0, 0.1) is 11.8 Å². The maximum absolute atomic E-state index is 9.55. The number of hydrogen-bond acceptors (Lipinski definition) is 1. The molecule has 0 aromatic rings. The molecular formula is C9H12O. The van der Waals surface area contributed by atoms with Crippen LogP contribution >= 0.6 is 0 Å². The van der Waals surface area contributed by atoms with E-state index in [2.05, 4.69) is 13.2 Å². The second-order valence-electron chi connectivity index (χ2n) is 3.33. The summed E-state index contributed by atoms with van der Waals surface area (Å²) in [5.41, 5.74) is 2.20. The van der Waals surface area contributed by atoms with E-state index in [9.17, 15) is 5.11 Å². The molecular weight excluding hydrogens is 124 g/mol. The average molecular weight is 136 g/mol. The fourth-order valence-corrected chi connectivity index (χ4v) is 2.22.